The van der Waals surface area contributed by atoms with Crippen LogP contribution in [-0.4, -0.2) is 29.9 Å². The third-order valence-corrected chi connectivity index (χ3v) is 1.86. The van der Waals surface area contributed by atoms with Crippen molar-refractivity contribution in [1.82, 2.24) is 9.88 Å². The first kappa shape index (κ1) is 10.9. The fraction of sp³-hybridized carbons (Fsp3) is 0.222. The molecule has 0 spiro atoms. The SMILES string of the molecule is CN(C#N)C(=N)N(C)c1cncc(F)c1. The van der Waals surface area contributed by atoms with Crippen LogP contribution in [0.25, 0.3) is 0 Å². The minimum atomic E-state index is -0.480. The molecule has 0 fully saturated rings. The summed E-state index contributed by atoms with van der Waals surface area (Å²) in [5.74, 6) is -0.531. The van der Waals surface area contributed by atoms with E-state index in [2.05, 4.69) is 4.98 Å². The quantitative estimate of drug-likeness (QED) is 0.323. The van der Waals surface area contributed by atoms with Gasteiger partial charge in [0.15, 0.2) is 6.19 Å². The average Bonchev–Trinajstić information content (AvgIpc) is 2.26. The van der Waals surface area contributed by atoms with E-state index >= 15 is 0 Å². The summed E-state index contributed by atoms with van der Waals surface area (Å²) in [4.78, 5) is 6.08. The molecule has 0 radical (unpaired) electrons. The minimum Gasteiger partial charge on any atom is -0.313 e. The Balaban J connectivity index is 2.91. The van der Waals surface area contributed by atoms with Gasteiger partial charge in [-0.2, -0.15) is 5.26 Å². The summed E-state index contributed by atoms with van der Waals surface area (Å²) in [6.45, 7) is 0. The molecule has 1 aromatic heterocycles. The number of hydrogen-bond acceptors (Lipinski definition) is 3. The number of pyridine rings is 1. The number of nitrogens with one attached hydrogen (secondary N) is 1. The van der Waals surface area contributed by atoms with Gasteiger partial charge in [-0.05, 0) is 0 Å². The van der Waals surface area contributed by atoms with Crippen molar-refractivity contribution >= 4 is 11.6 Å². The van der Waals surface area contributed by atoms with Gasteiger partial charge < -0.3 is 4.90 Å². The third-order valence-electron chi connectivity index (χ3n) is 1.86. The molecule has 78 valence electrons. The van der Waals surface area contributed by atoms with Crippen molar-refractivity contribution in [3.8, 4) is 6.19 Å². The lowest BCUT2D eigenvalue weighted by atomic mass is 10.4. The molecule has 1 N–H and O–H groups in total. The summed E-state index contributed by atoms with van der Waals surface area (Å²) in [7, 11) is 3.01. The van der Waals surface area contributed by atoms with Crippen molar-refractivity contribution in [1.29, 1.82) is 10.7 Å². The van der Waals surface area contributed by atoms with Crippen LogP contribution in [0.15, 0.2) is 18.5 Å². The molecule has 0 aliphatic carbocycles. The fourth-order valence-electron chi connectivity index (χ4n) is 0.979. The molecule has 0 aliphatic rings. The predicted octanol–water partition coefficient (Wildman–Crippen LogP) is 1.00. The second-order valence-electron chi connectivity index (χ2n) is 2.90. The highest BCUT2D eigenvalue weighted by atomic mass is 19.1. The maximum Gasteiger partial charge on any atom is 0.211 e. The number of anilines is 1. The van der Waals surface area contributed by atoms with Gasteiger partial charge in [-0.1, -0.05) is 0 Å². The number of nitrogens with zero attached hydrogens (tertiary/aromatic N) is 4. The summed E-state index contributed by atoms with van der Waals surface area (Å²) >= 11 is 0. The molecule has 0 aliphatic heterocycles. The van der Waals surface area contributed by atoms with Crippen molar-refractivity contribution in [3.63, 3.8) is 0 Å². The summed E-state index contributed by atoms with van der Waals surface area (Å²) < 4.78 is 12.8. The summed E-state index contributed by atoms with van der Waals surface area (Å²) in [6.07, 6.45) is 4.28. The average molecular weight is 207 g/mol. The molecule has 0 saturated carbocycles. The lowest BCUT2D eigenvalue weighted by Crippen LogP contribution is -2.36. The van der Waals surface area contributed by atoms with Gasteiger partial charge in [-0.15, -0.1) is 0 Å². The summed E-state index contributed by atoms with van der Waals surface area (Å²) in [5.41, 5.74) is 0.419. The Morgan fingerprint density at radius 1 is 1.53 bits per heavy atom. The maximum atomic E-state index is 12.8. The van der Waals surface area contributed by atoms with Gasteiger partial charge in [0.05, 0.1) is 18.1 Å². The Morgan fingerprint density at radius 2 is 2.20 bits per heavy atom. The lowest BCUT2D eigenvalue weighted by molar-refractivity contribution is 0.620. The first-order valence-electron chi connectivity index (χ1n) is 4.12. The highest BCUT2D eigenvalue weighted by Gasteiger charge is 2.11. The smallest absolute Gasteiger partial charge is 0.211 e. The van der Waals surface area contributed by atoms with Crippen molar-refractivity contribution < 1.29 is 4.39 Å². The first-order valence-corrected chi connectivity index (χ1v) is 4.12. The zero-order valence-corrected chi connectivity index (χ0v) is 8.40. The summed E-state index contributed by atoms with van der Waals surface area (Å²) in [5, 5.41) is 16.2. The van der Waals surface area contributed by atoms with Crippen LogP contribution in [0.5, 0.6) is 0 Å². The van der Waals surface area contributed by atoms with Gasteiger partial charge >= 0.3 is 0 Å². The van der Waals surface area contributed by atoms with E-state index in [9.17, 15) is 4.39 Å². The maximum absolute atomic E-state index is 12.8. The molecule has 0 aromatic carbocycles. The molecule has 0 saturated heterocycles. The highest BCUT2D eigenvalue weighted by Crippen LogP contribution is 2.12. The van der Waals surface area contributed by atoms with Crippen molar-refractivity contribution in [2.24, 2.45) is 0 Å². The van der Waals surface area contributed by atoms with Crippen LogP contribution >= 0.6 is 0 Å². The molecule has 1 heterocycles. The van der Waals surface area contributed by atoms with Gasteiger partial charge in [-0.3, -0.25) is 15.3 Å². The standard InChI is InChI=1S/C9H10FN5/c1-14(6-11)9(12)15(2)8-3-7(10)4-13-5-8/h3-5,12H,1-2H3. The highest BCUT2D eigenvalue weighted by molar-refractivity contribution is 5.93. The van der Waals surface area contributed by atoms with Gasteiger partial charge in [0.1, 0.15) is 5.82 Å². The van der Waals surface area contributed by atoms with E-state index in [0.29, 0.717) is 5.69 Å². The Bertz CT molecular complexity index is 411. The molecule has 0 bridgehead atoms. The van der Waals surface area contributed by atoms with Crippen LogP contribution < -0.4 is 4.90 Å². The van der Waals surface area contributed by atoms with E-state index in [1.807, 2.05) is 0 Å². The predicted molar refractivity (Wildman–Crippen MR) is 53.7 cm³/mol. The van der Waals surface area contributed by atoms with E-state index in [-0.39, 0.29) is 5.96 Å². The van der Waals surface area contributed by atoms with Gasteiger partial charge in [0.2, 0.25) is 5.96 Å². The zero-order chi connectivity index (χ0) is 11.4. The number of aromatic nitrogens is 1. The molecular weight excluding hydrogens is 197 g/mol. The second-order valence-corrected chi connectivity index (χ2v) is 2.90. The molecule has 15 heavy (non-hydrogen) atoms. The molecule has 0 unspecified atom stereocenters. The number of nitriles is 1. The van der Waals surface area contributed by atoms with Crippen LogP contribution in [0.2, 0.25) is 0 Å². The fourth-order valence-corrected chi connectivity index (χ4v) is 0.979. The minimum absolute atomic E-state index is 0.0510. The van der Waals surface area contributed by atoms with E-state index in [0.717, 1.165) is 11.1 Å². The van der Waals surface area contributed by atoms with Gasteiger partial charge in [-0.25, -0.2) is 4.39 Å². The molecular formula is C9H10FN5. The Morgan fingerprint density at radius 3 is 2.73 bits per heavy atom. The van der Waals surface area contributed by atoms with Crippen LogP contribution in [0.3, 0.4) is 0 Å². The summed E-state index contributed by atoms with van der Waals surface area (Å²) in [6, 6.07) is 1.24. The number of halogens is 1. The van der Waals surface area contributed by atoms with E-state index in [1.54, 1.807) is 13.2 Å². The van der Waals surface area contributed by atoms with E-state index in [4.69, 9.17) is 10.7 Å². The number of rotatable bonds is 1. The van der Waals surface area contributed by atoms with Gasteiger partial charge in [0.25, 0.3) is 0 Å². The molecule has 1 rings (SSSR count). The third kappa shape index (κ3) is 2.40. The largest absolute Gasteiger partial charge is 0.313 e. The molecule has 0 atom stereocenters. The van der Waals surface area contributed by atoms with Gasteiger partial charge in [0, 0.05) is 20.2 Å². The zero-order valence-electron chi connectivity index (χ0n) is 8.40. The van der Waals surface area contributed by atoms with Crippen LogP contribution in [-0.2, 0) is 0 Å². The van der Waals surface area contributed by atoms with Crippen molar-refractivity contribution in [2.75, 3.05) is 19.0 Å². The van der Waals surface area contributed by atoms with E-state index < -0.39 is 5.82 Å². The normalized spacial score (nSPS) is 9.20. The number of hydrogen-bond donors (Lipinski definition) is 1. The Kier molecular flexibility index (Phi) is 3.18. The Labute approximate surface area is 86.9 Å². The second kappa shape index (κ2) is 4.37. The van der Waals surface area contributed by atoms with Crippen molar-refractivity contribution in [3.05, 3.63) is 24.3 Å². The lowest BCUT2D eigenvalue weighted by Gasteiger charge is -2.22. The topological polar surface area (TPSA) is 67.0 Å². The van der Waals surface area contributed by atoms with Crippen LogP contribution in [0, 0.1) is 22.7 Å². The molecule has 6 heteroatoms. The molecule has 1 aromatic rings. The molecule has 0 amide bonds. The van der Waals surface area contributed by atoms with E-state index in [1.165, 1.54) is 24.2 Å². The first-order chi connectivity index (χ1) is 7.06. The van der Waals surface area contributed by atoms with Crippen molar-refractivity contribution in [2.45, 2.75) is 0 Å². The number of guanidine groups is 1. The van der Waals surface area contributed by atoms with Crippen LogP contribution in [0.4, 0.5) is 10.1 Å². The Hall–Kier alpha value is -2.16. The monoisotopic (exact) mass is 207 g/mol. The van der Waals surface area contributed by atoms with Crippen LogP contribution in [0.1, 0.15) is 0 Å². The molecule has 5 nitrogen and oxygen atoms in total.